The first-order valence-corrected chi connectivity index (χ1v) is 0.612. The molecule has 0 heterocycles. The van der Waals surface area contributed by atoms with E-state index >= 15 is 0 Å². The molecule has 0 saturated heterocycles. The third kappa shape index (κ3) is 143. The second kappa shape index (κ2) is 15.7. The molecule has 7 heavy (non-hydrogen) atoms. The first-order chi connectivity index (χ1) is 1.73. The largest absolute Gasteiger partial charge is 2.00 e. The molecule has 0 saturated carbocycles. The normalized spacial score (nSPS) is 3.43. The van der Waals surface area contributed by atoms with Gasteiger partial charge in [-0.05, 0) is 6.16 Å². The van der Waals surface area contributed by atoms with Crippen LogP contribution < -0.4 is 10.2 Å². The van der Waals surface area contributed by atoms with Crippen LogP contribution >= 0.6 is 13.5 Å². The summed E-state index contributed by atoms with van der Waals surface area (Å²) >= 11 is 0. The molecule has 0 aliphatic heterocycles. The molecule has 0 aliphatic carbocycles. The fourth-order valence-corrected chi connectivity index (χ4v) is 0. The van der Waals surface area contributed by atoms with Gasteiger partial charge in [-0.3, -0.25) is 0 Å². The van der Waals surface area contributed by atoms with E-state index in [0.717, 1.165) is 0 Å². The fourth-order valence-electron chi connectivity index (χ4n) is 0. The van der Waals surface area contributed by atoms with Gasteiger partial charge in [0.15, 0.2) is 0 Å². The molecular formula is CH4Mg2O3S. The Balaban J connectivity index is -0.00000000450. The molecule has 6 heteroatoms. The van der Waals surface area contributed by atoms with Crippen molar-refractivity contribution in [3.63, 3.8) is 0 Å². The Morgan fingerprint density at radius 1 is 1.29 bits per heavy atom. The zero-order chi connectivity index (χ0) is 3.58. The van der Waals surface area contributed by atoms with Crippen LogP contribution in [0, 0.1) is 0 Å². The van der Waals surface area contributed by atoms with Crippen LogP contribution in [0.2, 0.25) is 0 Å². The van der Waals surface area contributed by atoms with Gasteiger partial charge in [-0.25, -0.2) is 0 Å². The summed E-state index contributed by atoms with van der Waals surface area (Å²) in [6.45, 7) is 0. The minimum Gasteiger partial charge on any atom is -1.00 e. The Morgan fingerprint density at radius 2 is 1.29 bits per heavy atom. The summed E-state index contributed by atoms with van der Waals surface area (Å²) in [7, 11) is 0. The van der Waals surface area contributed by atoms with E-state index in [2.05, 4.69) is 0 Å². The zero-order valence-electron chi connectivity index (χ0n) is 5.64. The smallest absolute Gasteiger partial charge is 1.00 e. The molecule has 0 amide bonds. The van der Waals surface area contributed by atoms with Crippen LogP contribution in [0.1, 0.15) is 2.85 Å². The molecule has 0 aromatic heterocycles. The Morgan fingerprint density at radius 3 is 1.29 bits per heavy atom. The number of hydrogen-bond donors (Lipinski definition) is 0. The number of carbonyl (C=O) groups excluding carboxylic acids is 1. The van der Waals surface area contributed by atoms with Crippen LogP contribution in [0.5, 0.6) is 0 Å². The topological polar surface area (TPSA) is 63.2 Å². The fraction of sp³-hybridized carbons (Fsp3) is 0. The van der Waals surface area contributed by atoms with Crippen LogP contribution in [0.4, 0.5) is 4.79 Å². The van der Waals surface area contributed by atoms with Crippen molar-refractivity contribution in [2.45, 2.75) is 0 Å². The van der Waals surface area contributed by atoms with Gasteiger partial charge in [0.25, 0.3) is 0 Å². The van der Waals surface area contributed by atoms with Crippen molar-refractivity contribution in [1.29, 1.82) is 0 Å². The van der Waals surface area contributed by atoms with Crippen LogP contribution in [-0.2, 0) is 0 Å². The average molecular weight is 145 g/mol. The van der Waals surface area contributed by atoms with E-state index in [-0.39, 0.29) is 62.5 Å². The van der Waals surface area contributed by atoms with Crippen molar-refractivity contribution in [3.05, 3.63) is 0 Å². The average Bonchev–Trinajstić information content (AvgIpc) is 0.811. The van der Waals surface area contributed by atoms with E-state index in [0.29, 0.717) is 0 Å². The Bertz CT molecular complexity index is 42.8. The molecule has 36 valence electrons. The van der Waals surface area contributed by atoms with Crippen molar-refractivity contribution in [1.82, 2.24) is 0 Å². The molecule has 0 bridgehead atoms. The van der Waals surface area contributed by atoms with Gasteiger partial charge in [-0.15, -0.1) is 0 Å². The van der Waals surface area contributed by atoms with E-state index in [1.807, 2.05) is 0 Å². The number of carbonyl (C=O) groups is 1. The molecule has 0 unspecified atom stereocenters. The number of rotatable bonds is 0. The maximum atomic E-state index is 8.33. The van der Waals surface area contributed by atoms with Gasteiger partial charge in [0.1, 0.15) is 0 Å². The molecule has 0 fully saturated rings. The van der Waals surface area contributed by atoms with Crippen LogP contribution in [0.15, 0.2) is 0 Å². The van der Waals surface area contributed by atoms with Crippen molar-refractivity contribution < 1.29 is 17.9 Å². The maximum absolute atomic E-state index is 8.33. The third-order valence-electron chi connectivity index (χ3n) is 0. The van der Waals surface area contributed by atoms with E-state index in [1.54, 1.807) is 0 Å². The first kappa shape index (κ1) is 24.2. The van der Waals surface area contributed by atoms with Crippen molar-refractivity contribution in [2.24, 2.45) is 0 Å². The predicted molar refractivity (Wildman–Crippen MR) is 29.5 cm³/mol. The third-order valence-corrected chi connectivity index (χ3v) is 0. The minimum atomic E-state index is -2.33. The molecule has 0 radical (unpaired) electrons. The summed E-state index contributed by atoms with van der Waals surface area (Å²) in [5, 5.41) is 16.7. The molecule has 0 rings (SSSR count). The van der Waals surface area contributed by atoms with Gasteiger partial charge < -0.3 is 17.9 Å². The summed E-state index contributed by atoms with van der Waals surface area (Å²) in [5.41, 5.74) is 0. The Hall–Kier alpha value is 1.15. The van der Waals surface area contributed by atoms with Gasteiger partial charge in [0.2, 0.25) is 0 Å². The molecule has 3 nitrogen and oxygen atoms in total. The Labute approximate surface area is 83.2 Å². The molecular weight excluding hydrogens is 141 g/mol. The second-order valence-corrected chi connectivity index (χ2v) is 0.250. The van der Waals surface area contributed by atoms with E-state index in [1.165, 1.54) is 0 Å². The second-order valence-electron chi connectivity index (χ2n) is 0.250. The van der Waals surface area contributed by atoms with Crippen molar-refractivity contribution in [3.8, 4) is 0 Å². The molecule has 0 N–H and O–H groups in total. The van der Waals surface area contributed by atoms with Crippen LogP contribution in [0.25, 0.3) is 0 Å². The van der Waals surface area contributed by atoms with Crippen LogP contribution in [-0.4, -0.2) is 52.3 Å². The van der Waals surface area contributed by atoms with Gasteiger partial charge in [-0.2, -0.15) is 13.5 Å². The predicted octanol–water partition coefficient (Wildman–Crippen LogP) is -2.87. The van der Waals surface area contributed by atoms with Gasteiger partial charge in [-0.1, -0.05) is 0 Å². The summed E-state index contributed by atoms with van der Waals surface area (Å²) in [4.78, 5) is 8.33. The molecule has 0 aromatic rings. The molecule has 0 aliphatic rings. The van der Waals surface area contributed by atoms with Gasteiger partial charge in [0.05, 0.1) is 0 Å². The van der Waals surface area contributed by atoms with E-state index in [9.17, 15) is 0 Å². The molecule has 0 spiro atoms. The standard InChI is InChI=1S/CH2O3.2Mg.H2S.2H/c2-1(3)4;;;;;/h(H2,2,3,4);;;1H2;;/q;2*+2;;2*-1/p-2. The summed E-state index contributed by atoms with van der Waals surface area (Å²) < 4.78 is 0. The number of hydrogen-bond acceptors (Lipinski definition) is 3. The summed E-state index contributed by atoms with van der Waals surface area (Å²) in [6, 6.07) is 0. The minimum absolute atomic E-state index is 0. The quantitative estimate of drug-likeness (QED) is 0.344. The molecule has 0 atom stereocenters. The van der Waals surface area contributed by atoms with Gasteiger partial charge >= 0.3 is 46.1 Å². The maximum Gasteiger partial charge on any atom is 2.00 e. The van der Waals surface area contributed by atoms with E-state index in [4.69, 9.17) is 15.0 Å². The zero-order valence-corrected chi connectivity index (χ0v) is 7.47. The summed E-state index contributed by atoms with van der Waals surface area (Å²) in [6.07, 6.45) is -2.33. The van der Waals surface area contributed by atoms with E-state index < -0.39 is 6.16 Å². The Kier molecular flexibility index (Phi) is 54.3. The SMILES string of the molecule is O=C([O-])[O-].S.[H-].[H-].[Mg+2].[Mg+2]. The first-order valence-electron chi connectivity index (χ1n) is 0.612. The van der Waals surface area contributed by atoms with Crippen molar-refractivity contribution >= 4 is 65.8 Å². The van der Waals surface area contributed by atoms with Gasteiger partial charge in [0, 0.05) is 0 Å². The monoisotopic (exact) mass is 144 g/mol. The summed E-state index contributed by atoms with van der Waals surface area (Å²) in [5.74, 6) is 0. The number of carboxylic acid groups (broad SMARTS) is 2. The van der Waals surface area contributed by atoms with Crippen LogP contribution in [0.3, 0.4) is 0 Å². The van der Waals surface area contributed by atoms with Crippen molar-refractivity contribution in [2.75, 3.05) is 0 Å². The molecule has 0 aromatic carbocycles.